The van der Waals surface area contributed by atoms with Gasteiger partial charge in [-0.15, -0.1) is 0 Å². The fraction of sp³-hybridized carbons (Fsp3) is 0.611. The molecule has 0 fully saturated rings. The Balaban J connectivity index is 2.55. The van der Waals surface area contributed by atoms with Gasteiger partial charge in [-0.3, -0.25) is 0 Å². The Morgan fingerprint density at radius 1 is 1.20 bits per heavy atom. The summed E-state index contributed by atoms with van der Waals surface area (Å²) in [6, 6.07) is -0.292. The van der Waals surface area contributed by atoms with E-state index in [4.69, 9.17) is 9.47 Å². The lowest BCUT2D eigenvalue weighted by atomic mass is 9.91. The molecule has 1 unspecified atom stereocenters. The predicted octanol–water partition coefficient (Wildman–Crippen LogP) is 3.30. The third-order valence-electron chi connectivity index (χ3n) is 4.07. The van der Waals surface area contributed by atoms with E-state index in [1.165, 1.54) is 6.20 Å². The minimum absolute atomic E-state index is 0.0991. The molecule has 1 aliphatic heterocycles. The van der Waals surface area contributed by atoms with E-state index in [0.717, 1.165) is 12.1 Å². The number of fused-ring (bicyclic) bond motifs is 1. The summed E-state index contributed by atoms with van der Waals surface area (Å²) in [6.45, 7) is 10.2. The lowest BCUT2D eigenvalue weighted by Crippen LogP contribution is -2.32. The van der Waals surface area contributed by atoms with E-state index in [-0.39, 0.29) is 17.9 Å². The first-order chi connectivity index (χ1) is 12.0. The van der Waals surface area contributed by atoms with Crippen LogP contribution in [0.25, 0.3) is 0 Å². The van der Waals surface area contributed by atoms with Crippen LogP contribution in [-0.2, 0) is 14.3 Å². The average molecular weight is 349 g/mol. The highest BCUT2D eigenvalue weighted by molar-refractivity contribution is 5.97. The highest BCUT2D eigenvalue weighted by atomic mass is 16.5. The number of carbonyl (C=O) groups excluding carboxylic acids is 2. The molecule has 2 rings (SSSR count). The van der Waals surface area contributed by atoms with Crippen LogP contribution in [0.3, 0.4) is 0 Å². The number of nitrogens with zero attached hydrogens (tertiary/aromatic N) is 2. The zero-order valence-electron chi connectivity index (χ0n) is 15.6. The Kier molecular flexibility index (Phi) is 6.22. The zero-order chi connectivity index (χ0) is 18.6. The van der Waals surface area contributed by atoms with Crippen molar-refractivity contribution in [3.8, 4) is 0 Å². The van der Waals surface area contributed by atoms with Gasteiger partial charge in [0.1, 0.15) is 11.4 Å². The van der Waals surface area contributed by atoms with Gasteiger partial charge >= 0.3 is 11.9 Å². The monoisotopic (exact) mass is 349 g/mol. The molecule has 7 heteroatoms. The second-order valence-corrected chi connectivity index (χ2v) is 6.25. The molecule has 0 radical (unpaired) electrons. The van der Waals surface area contributed by atoms with E-state index in [9.17, 15) is 9.59 Å². The second kappa shape index (κ2) is 8.18. The quantitative estimate of drug-likeness (QED) is 0.761. The summed E-state index contributed by atoms with van der Waals surface area (Å²) < 4.78 is 12.1. The molecule has 0 spiro atoms. The van der Waals surface area contributed by atoms with Gasteiger partial charge in [0.05, 0.1) is 31.0 Å². The summed E-state index contributed by atoms with van der Waals surface area (Å²) in [5, 5.41) is 7.60. The molecule has 1 aliphatic rings. The van der Waals surface area contributed by atoms with E-state index >= 15 is 0 Å². The molecule has 0 aromatic carbocycles. The molecule has 1 aromatic rings. The number of esters is 2. The SMILES string of the molecule is CCCC1=C(C(=O)OCC)C(C(C)C)n2ncc(C(=O)OCC)c2N1. The molecule has 0 bridgehead atoms. The lowest BCUT2D eigenvalue weighted by molar-refractivity contribution is -0.139. The zero-order valence-corrected chi connectivity index (χ0v) is 15.6. The molecule has 1 atom stereocenters. The Morgan fingerprint density at radius 2 is 1.84 bits per heavy atom. The summed E-state index contributed by atoms with van der Waals surface area (Å²) in [7, 11) is 0. The van der Waals surface area contributed by atoms with Crippen molar-refractivity contribution < 1.29 is 19.1 Å². The van der Waals surface area contributed by atoms with Crippen LogP contribution >= 0.6 is 0 Å². The number of aromatic nitrogens is 2. The van der Waals surface area contributed by atoms with Crippen molar-refractivity contribution in [2.24, 2.45) is 5.92 Å². The van der Waals surface area contributed by atoms with Crippen molar-refractivity contribution in [2.75, 3.05) is 18.5 Å². The number of ether oxygens (including phenoxy) is 2. The molecule has 25 heavy (non-hydrogen) atoms. The third kappa shape index (κ3) is 3.70. The fourth-order valence-corrected chi connectivity index (χ4v) is 3.08. The topological polar surface area (TPSA) is 82.5 Å². The van der Waals surface area contributed by atoms with Crippen molar-refractivity contribution in [1.82, 2.24) is 9.78 Å². The molecule has 0 aliphatic carbocycles. The van der Waals surface area contributed by atoms with Gasteiger partial charge in [0.25, 0.3) is 0 Å². The smallest absolute Gasteiger partial charge is 0.343 e. The highest BCUT2D eigenvalue weighted by Gasteiger charge is 2.37. The van der Waals surface area contributed by atoms with Crippen LogP contribution in [0.15, 0.2) is 17.5 Å². The average Bonchev–Trinajstić information content (AvgIpc) is 2.97. The maximum absolute atomic E-state index is 12.6. The van der Waals surface area contributed by atoms with Crippen molar-refractivity contribution in [1.29, 1.82) is 0 Å². The van der Waals surface area contributed by atoms with Gasteiger partial charge in [0.2, 0.25) is 0 Å². The van der Waals surface area contributed by atoms with Crippen LogP contribution in [0.4, 0.5) is 5.82 Å². The second-order valence-electron chi connectivity index (χ2n) is 6.25. The molecule has 7 nitrogen and oxygen atoms in total. The molecule has 2 heterocycles. The third-order valence-corrected chi connectivity index (χ3v) is 4.07. The molecule has 0 saturated carbocycles. The van der Waals surface area contributed by atoms with Gasteiger partial charge in [-0.2, -0.15) is 5.10 Å². The molecule has 1 aromatic heterocycles. The van der Waals surface area contributed by atoms with Crippen LogP contribution in [0, 0.1) is 5.92 Å². The summed E-state index contributed by atoms with van der Waals surface area (Å²) in [5.74, 6) is -0.0825. The van der Waals surface area contributed by atoms with Crippen LogP contribution in [0.2, 0.25) is 0 Å². The number of rotatable bonds is 7. The minimum Gasteiger partial charge on any atom is -0.463 e. The summed E-state index contributed by atoms with van der Waals surface area (Å²) in [4.78, 5) is 24.8. The normalized spacial score (nSPS) is 16.5. The van der Waals surface area contributed by atoms with Crippen molar-refractivity contribution in [2.45, 2.75) is 53.5 Å². The minimum atomic E-state index is -0.422. The largest absolute Gasteiger partial charge is 0.463 e. The van der Waals surface area contributed by atoms with Crippen LogP contribution in [0.1, 0.15) is 63.9 Å². The predicted molar refractivity (Wildman–Crippen MR) is 94.2 cm³/mol. The molecule has 0 amide bonds. The van der Waals surface area contributed by atoms with E-state index in [2.05, 4.69) is 10.4 Å². The number of allylic oxidation sites excluding steroid dienone is 1. The summed E-state index contributed by atoms with van der Waals surface area (Å²) in [5.41, 5.74) is 1.76. The van der Waals surface area contributed by atoms with Crippen LogP contribution < -0.4 is 5.32 Å². The van der Waals surface area contributed by atoms with Gasteiger partial charge in [-0.05, 0) is 26.2 Å². The molecular weight excluding hydrogens is 322 g/mol. The van der Waals surface area contributed by atoms with Gasteiger partial charge in [-0.25, -0.2) is 14.3 Å². The van der Waals surface area contributed by atoms with E-state index in [1.807, 2.05) is 20.8 Å². The van der Waals surface area contributed by atoms with Gasteiger partial charge in [0.15, 0.2) is 0 Å². The van der Waals surface area contributed by atoms with Crippen LogP contribution in [-0.4, -0.2) is 34.9 Å². The van der Waals surface area contributed by atoms with Crippen LogP contribution in [0.5, 0.6) is 0 Å². The first-order valence-electron chi connectivity index (χ1n) is 8.87. The number of hydrogen-bond acceptors (Lipinski definition) is 6. The van der Waals surface area contributed by atoms with Crippen molar-refractivity contribution in [3.63, 3.8) is 0 Å². The van der Waals surface area contributed by atoms with Gasteiger partial charge < -0.3 is 14.8 Å². The van der Waals surface area contributed by atoms with E-state index in [0.29, 0.717) is 36.6 Å². The molecule has 0 saturated heterocycles. The Bertz CT molecular complexity index is 676. The van der Waals surface area contributed by atoms with E-state index in [1.54, 1.807) is 18.5 Å². The summed E-state index contributed by atoms with van der Waals surface area (Å²) >= 11 is 0. The standard InChI is InChI=1S/C18H27N3O4/c1-6-9-13-14(18(23)25-8-3)15(11(4)5)21-16(20-13)12(10-19-21)17(22)24-7-2/h10-11,15,20H,6-9H2,1-5H3. The van der Waals surface area contributed by atoms with Crippen molar-refractivity contribution in [3.05, 3.63) is 23.0 Å². The van der Waals surface area contributed by atoms with Gasteiger partial charge in [-0.1, -0.05) is 27.2 Å². The first-order valence-corrected chi connectivity index (χ1v) is 8.87. The Labute approximate surface area is 148 Å². The first kappa shape index (κ1) is 19.0. The fourth-order valence-electron chi connectivity index (χ4n) is 3.08. The Morgan fingerprint density at radius 3 is 2.40 bits per heavy atom. The molecule has 138 valence electrons. The maximum Gasteiger partial charge on any atom is 0.343 e. The molecular formula is C18H27N3O4. The highest BCUT2D eigenvalue weighted by Crippen LogP contribution is 2.39. The summed E-state index contributed by atoms with van der Waals surface area (Å²) in [6.07, 6.45) is 3.04. The Hall–Kier alpha value is -2.31. The van der Waals surface area contributed by atoms with Crippen molar-refractivity contribution >= 4 is 17.8 Å². The van der Waals surface area contributed by atoms with E-state index < -0.39 is 5.97 Å². The number of anilines is 1. The maximum atomic E-state index is 12.6. The van der Waals surface area contributed by atoms with Gasteiger partial charge in [0, 0.05) is 5.70 Å². The number of carbonyl (C=O) groups is 2. The number of nitrogens with one attached hydrogen (secondary N) is 1. The molecule has 1 N–H and O–H groups in total. The lowest BCUT2D eigenvalue weighted by Gasteiger charge is -2.32. The number of hydrogen-bond donors (Lipinski definition) is 1.